The Balaban J connectivity index is 1.68. The Kier molecular flexibility index (Phi) is 5.05. The van der Waals surface area contributed by atoms with Crippen LogP contribution in [-0.2, 0) is 6.42 Å². The maximum Gasteiger partial charge on any atom is 0.156 e. The molecule has 0 aromatic heterocycles. The number of rotatable bonds is 5. The Bertz CT molecular complexity index is 403. The molecule has 1 unspecified atom stereocenters. The first kappa shape index (κ1) is 13.4. The zero-order valence-corrected chi connectivity index (χ0v) is 11.5. The van der Waals surface area contributed by atoms with Gasteiger partial charge in [0.1, 0.15) is 5.82 Å². The molecule has 1 atom stereocenters. The zero-order valence-electron chi connectivity index (χ0n) is 10.7. The number of aliphatic imine (C=N–C) groups is 1. The van der Waals surface area contributed by atoms with Crippen molar-refractivity contribution in [2.24, 2.45) is 4.99 Å². The number of halogens is 1. The average molecular weight is 266 g/mol. The summed E-state index contributed by atoms with van der Waals surface area (Å²) in [6.45, 7) is 4.01. The Morgan fingerprint density at radius 1 is 1.39 bits per heavy atom. The van der Waals surface area contributed by atoms with Crippen LogP contribution in [0.25, 0.3) is 0 Å². The van der Waals surface area contributed by atoms with E-state index in [1.54, 1.807) is 0 Å². The highest BCUT2D eigenvalue weighted by molar-refractivity contribution is 8.14. The highest BCUT2D eigenvalue weighted by Crippen LogP contribution is 2.23. The maximum absolute atomic E-state index is 12.7. The lowest BCUT2D eigenvalue weighted by molar-refractivity contribution is 0.627. The second-order valence-electron chi connectivity index (χ2n) is 4.48. The monoisotopic (exact) mass is 266 g/mol. The molecule has 2 rings (SSSR count). The van der Waals surface area contributed by atoms with Crippen molar-refractivity contribution in [1.29, 1.82) is 0 Å². The summed E-state index contributed by atoms with van der Waals surface area (Å²) in [5.41, 5.74) is 1.15. The molecule has 0 saturated carbocycles. The standard InChI is InChI=1S/C14H19FN2S/c1-2-3-13-10-17-14(18-13)16-9-8-11-4-6-12(15)7-5-11/h4-7,13H,2-3,8-10H2,1H3,(H,16,17). The first-order valence-electron chi connectivity index (χ1n) is 6.47. The summed E-state index contributed by atoms with van der Waals surface area (Å²) in [7, 11) is 0. The summed E-state index contributed by atoms with van der Waals surface area (Å²) in [6, 6.07) is 6.68. The van der Waals surface area contributed by atoms with Gasteiger partial charge >= 0.3 is 0 Å². The largest absolute Gasteiger partial charge is 0.365 e. The van der Waals surface area contributed by atoms with Gasteiger partial charge in [0.15, 0.2) is 5.17 Å². The average Bonchev–Trinajstić information content (AvgIpc) is 2.80. The molecule has 1 aromatic rings. The highest BCUT2D eigenvalue weighted by atomic mass is 32.2. The molecule has 1 aliphatic rings. The van der Waals surface area contributed by atoms with Crippen molar-refractivity contribution in [1.82, 2.24) is 5.32 Å². The maximum atomic E-state index is 12.7. The van der Waals surface area contributed by atoms with E-state index in [1.165, 1.54) is 25.0 Å². The SMILES string of the molecule is CCCC1CN=C(NCCc2ccc(F)cc2)S1. The van der Waals surface area contributed by atoms with E-state index in [2.05, 4.69) is 17.2 Å². The Morgan fingerprint density at radius 3 is 2.89 bits per heavy atom. The molecule has 0 amide bonds. The number of nitrogens with zero attached hydrogens (tertiary/aromatic N) is 1. The summed E-state index contributed by atoms with van der Waals surface area (Å²) in [5, 5.41) is 5.07. The third-order valence-corrected chi connectivity index (χ3v) is 4.15. The van der Waals surface area contributed by atoms with Gasteiger partial charge in [-0.25, -0.2) is 4.39 Å². The van der Waals surface area contributed by atoms with E-state index in [4.69, 9.17) is 0 Å². The van der Waals surface area contributed by atoms with E-state index in [1.807, 2.05) is 23.9 Å². The van der Waals surface area contributed by atoms with Gasteiger partial charge in [-0.05, 0) is 30.5 Å². The zero-order chi connectivity index (χ0) is 12.8. The number of thioether (sulfide) groups is 1. The third-order valence-electron chi connectivity index (χ3n) is 2.93. The normalized spacial score (nSPS) is 18.8. The molecular formula is C14H19FN2S. The van der Waals surface area contributed by atoms with E-state index in [0.717, 1.165) is 30.2 Å². The minimum absolute atomic E-state index is 0.176. The van der Waals surface area contributed by atoms with Crippen LogP contribution in [0.5, 0.6) is 0 Å². The van der Waals surface area contributed by atoms with Crippen LogP contribution in [0.2, 0.25) is 0 Å². The molecule has 1 heterocycles. The molecule has 0 radical (unpaired) electrons. The van der Waals surface area contributed by atoms with Gasteiger partial charge in [-0.2, -0.15) is 0 Å². The van der Waals surface area contributed by atoms with Crippen LogP contribution in [0.1, 0.15) is 25.3 Å². The minimum Gasteiger partial charge on any atom is -0.365 e. The summed E-state index contributed by atoms with van der Waals surface area (Å²) in [5.74, 6) is -0.176. The van der Waals surface area contributed by atoms with Crippen molar-refractivity contribution in [3.05, 3.63) is 35.6 Å². The van der Waals surface area contributed by atoms with Crippen LogP contribution in [0.15, 0.2) is 29.3 Å². The van der Waals surface area contributed by atoms with Crippen molar-refractivity contribution in [3.8, 4) is 0 Å². The molecular weight excluding hydrogens is 247 g/mol. The minimum atomic E-state index is -0.176. The van der Waals surface area contributed by atoms with Gasteiger partial charge in [0, 0.05) is 11.8 Å². The Hall–Kier alpha value is -1.03. The summed E-state index contributed by atoms with van der Waals surface area (Å²) in [4.78, 5) is 4.49. The Morgan fingerprint density at radius 2 is 2.17 bits per heavy atom. The summed E-state index contributed by atoms with van der Waals surface area (Å²) in [6.07, 6.45) is 3.35. The van der Waals surface area contributed by atoms with Gasteiger partial charge in [-0.3, -0.25) is 4.99 Å². The molecule has 2 nitrogen and oxygen atoms in total. The number of hydrogen-bond donors (Lipinski definition) is 1. The van der Waals surface area contributed by atoms with Crippen molar-refractivity contribution in [2.75, 3.05) is 13.1 Å². The molecule has 4 heteroatoms. The number of amidine groups is 1. The fraction of sp³-hybridized carbons (Fsp3) is 0.500. The van der Waals surface area contributed by atoms with Crippen molar-refractivity contribution in [2.45, 2.75) is 31.4 Å². The first-order chi connectivity index (χ1) is 8.78. The number of benzene rings is 1. The topological polar surface area (TPSA) is 24.4 Å². The lowest BCUT2D eigenvalue weighted by Gasteiger charge is -2.07. The van der Waals surface area contributed by atoms with Crippen LogP contribution in [0.3, 0.4) is 0 Å². The second-order valence-corrected chi connectivity index (χ2v) is 5.77. The molecule has 98 valence electrons. The third kappa shape index (κ3) is 4.02. The quantitative estimate of drug-likeness (QED) is 0.885. The van der Waals surface area contributed by atoms with E-state index < -0.39 is 0 Å². The van der Waals surface area contributed by atoms with E-state index in [-0.39, 0.29) is 5.82 Å². The molecule has 1 N–H and O–H groups in total. The van der Waals surface area contributed by atoms with Gasteiger partial charge in [0.05, 0.1) is 6.54 Å². The number of hydrogen-bond acceptors (Lipinski definition) is 3. The predicted octanol–water partition coefficient (Wildman–Crippen LogP) is 3.23. The molecule has 0 saturated heterocycles. The van der Waals surface area contributed by atoms with E-state index in [0.29, 0.717) is 5.25 Å². The fourth-order valence-electron chi connectivity index (χ4n) is 1.95. The Labute approximate surface area is 112 Å². The smallest absolute Gasteiger partial charge is 0.156 e. The molecule has 0 aliphatic carbocycles. The van der Waals surface area contributed by atoms with Crippen molar-refractivity contribution >= 4 is 16.9 Å². The first-order valence-corrected chi connectivity index (χ1v) is 7.35. The summed E-state index contributed by atoms with van der Waals surface area (Å²) >= 11 is 1.85. The predicted molar refractivity (Wildman–Crippen MR) is 76.7 cm³/mol. The van der Waals surface area contributed by atoms with Gasteiger partial charge in [0.2, 0.25) is 0 Å². The van der Waals surface area contributed by atoms with E-state index in [9.17, 15) is 4.39 Å². The van der Waals surface area contributed by atoms with Crippen molar-refractivity contribution < 1.29 is 4.39 Å². The molecule has 0 spiro atoms. The van der Waals surface area contributed by atoms with Gasteiger partial charge in [0.25, 0.3) is 0 Å². The van der Waals surface area contributed by atoms with E-state index >= 15 is 0 Å². The molecule has 1 aliphatic heterocycles. The molecule has 18 heavy (non-hydrogen) atoms. The van der Waals surface area contributed by atoms with Crippen LogP contribution >= 0.6 is 11.8 Å². The number of nitrogens with one attached hydrogen (secondary N) is 1. The van der Waals surface area contributed by atoms with Crippen molar-refractivity contribution in [3.63, 3.8) is 0 Å². The van der Waals surface area contributed by atoms with Crippen LogP contribution < -0.4 is 5.32 Å². The molecule has 0 bridgehead atoms. The molecule has 1 aromatic carbocycles. The fourth-order valence-corrected chi connectivity index (χ4v) is 3.10. The van der Waals surface area contributed by atoms with Crippen LogP contribution in [0, 0.1) is 5.82 Å². The van der Waals surface area contributed by atoms with Gasteiger partial charge < -0.3 is 5.32 Å². The highest BCUT2D eigenvalue weighted by Gasteiger charge is 2.17. The lowest BCUT2D eigenvalue weighted by atomic mass is 10.1. The van der Waals surface area contributed by atoms with Crippen LogP contribution in [0.4, 0.5) is 4.39 Å². The molecule has 0 fully saturated rings. The van der Waals surface area contributed by atoms with Gasteiger partial charge in [-0.15, -0.1) is 0 Å². The second kappa shape index (κ2) is 6.78. The van der Waals surface area contributed by atoms with Crippen LogP contribution in [-0.4, -0.2) is 23.5 Å². The summed E-state index contributed by atoms with van der Waals surface area (Å²) < 4.78 is 12.7. The lowest BCUT2D eigenvalue weighted by Crippen LogP contribution is -2.22. The van der Waals surface area contributed by atoms with Gasteiger partial charge in [-0.1, -0.05) is 37.2 Å².